The van der Waals surface area contributed by atoms with Gasteiger partial charge in [0.1, 0.15) is 11.3 Å². The van der Waals surface area contributed by atoms with E-state index in [0.29, 0.717) is 46.6 Å². The number of furan rings is 1. The van der Waals surface area contributed by atoms with Crippen LogP contribution in [-0.4, -0.2) is 36.0 Å². The highest BCUT2D eigenvalue weighted by atomic mass is 35.5. The predicted octanol–water partition coefficient (Wildman–Crippen LogP) is 4.37. The van der Waals surface area contributed by atoms with Crippen molar-refractivity contribution in [3.8, 4) is 0 Å². The summed E-state index contributed by atoms with van der Waals surface area (Å²) >= 11 is 12.1. The minimum atomic E-state index is -0.424. The molecule has 1 amide bonds. The fourth-order valence-corrected chi connectivity index (χ4v) is 3.50. The zero-order valence-corrected chi connectivity index (χ0v) is 16.3. The van der Waals surface area contributed by atoms with Crippen molar-refractivity contribution >= 4 is 40.8 Å². The zero-order valence-electron chi connectivity index (χ0n) is 14.8. The fraction of sp³-hybridized carbons (Fsp3) is 0.368. The molecule has 6 nitrogen and oxygen atoms in total. The molecule has 0 aliphatic carbocycles. The summed E-state index contributed by atoms with van der Waals surface area (Å²) in [6, 6.07) is 6.16. The lowest BCUT2D eigenvalue weighted by molar-refractivity contribution is -0.120. The number of halogens is 2. The number of nitrogens with one attached hydrogen (secondary N) is 1. The highest BCUT2D eigenvalue weighted by Gasteiger charge is 2.32. The first-order valence-corrected chi connectivity index (χ1v) is 9.48. The minimum absolute atomic E-state index is 0.166. The van der Waals surface area contributed by atoms with Gasteiger partial charge in [0.05, 0.1) is 36.2 Å². The van der Waals surface area contributed by atoms with E-state index < -0.39 is 5.97 Å². The molecule has 0 saturated carbocycles. The average molecular weight is 411 g/mol. The second-order valence-corrected chi connectivity index (χ2v) is 7.06. The molecule has 27 heavy (non-hydrogen) atoms. The van der Waals surface area contributed by atoms with Crippen LogP contribution in [-0.2, 0) is 16.1 Å². The summed E-state index contributed by atoms with van der Waals surface area (Å²) < 4.78 is 10.5. The predicted molar refractivity (Wildman–Crippen MR) is 103 cm³/mol. The van der Waals surface area contributed by atoms with Crippen molar-refractivity contribution in [2.75, 3.05) is 18.5 Å². The lowest BCUT2D eigenvalue weighted by atomic mass is 10.2. The van der Waals surface area contributed by atoms with Gasteiger partial charge in [0, 0.05) is 5.02 Å². The first-order valence-electron chi connectivity index (χ1n) is 8.73. The lowest BCUT2D eigenvalue weighted by Gasteiger charge is -2.23. The summed E-state index contributed by atoms with van der Waals surface area (Å²) in [5, 5.41) is 3.76. The third-order valence-corrected chi connectivity index (χ3v) is 5.00. The number of rotatable bonds is 6. The van der Waals surface area contributed by atoms with E-state index in [0.717, 1.165) is 13.0 Å². The van der Waals surface area contributed by atoms with Gasteiger partial charge in [-0.25, -0.2) is 4.79 Å². The van der Waals surface area contributed by atoms with Crippen LogP contribution in [0.3, 0.4) is 0 Å². The van der Waals surface area contributed by atoms with Crippen molar-refractivity contribution < 1.29 is 18.7 Å². The Balaban J connectivity index is 1.70. The van der Waals surface area contributed by atoms with Gasteiger partial charge in [-0.2, -0.15) is 0 Å². The van der Waals surface area contributed by atoms with Crippen molar-refractivity contribution in [1.29, 1.82) is 0 Å². The summed E-state index contributed by atoms with van der Waals surface area (Å²) in [5.74, 6) is -0.0954. The van der Waals surface area contributed by atoms with Crippen LogP contribution in [0.2, 0.25) is 10.0 Å². The number of amides is 1. The number of carbonyl (C=O) groups is 2. The topological polar surface area (TPSA) is 71.8 Å². The van der Waals surface area contributed by atoms with Crippen LogP contribution in [0.5, 0.6) is 0 Å². The standard InChI is InChI=1S/C19H20Cl2N2O4/c1-2-26-19(25)13-7-9-27-17(13)11-23-8-3-4-16(23)18(24)22-15-10-12(20)5-6-14(15)21/h5-7,9-10,16H,2-4,8,11H2,1H3,(H,22,24)/t16-/m1/s1. The molecule has 1 aliphatic rings. The van der Waals surface area contributed by atoms with Crippen LogP contribution in [0.4, 0.5) is 5.69 Å². The highest BCUT2D eigenvalue weighted by Crippen LogP contribution is 2.28. The van der Waals surface area contributed by atoms with E-state index in [4.69, 9.17) is 32.4 Å². The van der Waals surface area contributed by atoms with E-state index in [1.165, 1.54) is 6.26 Å². The molecule has 144 valence electrons. The van der Waals surface area contributed by atoms with Gasteiger partial charge in [-0.05, 0) is 50.6 Å². The lowest BCUT2D eigenvalue weighted by Crippen LogP contribution is -2.39. The average Bonchev–Trinajstić information content (AvgIpc) is 3.28. The Hall–Kier alpha value is -2.02. The molecule has 0 radical (unpaired) electrons. The van der Waals surface area contributed by atoms with Gasteiger partial charge < -0.3 is 14.5 Å². The number of hydrogen-bond acceptors (Lipinski definition) is 5. The number of benzene rings is 1. The summed E-state index contributed by atoms with van der Waals surface area (Å²) in [6.45, 7) is 3.12. The molecular formula is C19H20Cl2N2O4. The van der Waals surface area contributed by atoms with Crippen LogP contribution in [0.25, 0.3) is 0 Å². The van der Waals surface area contributed by atoms with E-state index in [9.17, 15) is 9.59 Å². The molecule has 2 heterocycles. The first kappa shape index (κ1) is 19.7. The Morgan fingerprint density at radius 2 is 2.15 bits per heavy atom. The molecule has 8 heteroatoms. The molecule has 1 saturated heterocycles. The third-order valence-electron chi connectivity index (χ3n) is 4.44. The number of ether oxygens (including phenoxy) is 1. The van der Waals surface area contributed by atoms with E-state index in [2.05, 4.69) is 5.32 Å². The van der Waals surface area contributed by atoms with E-state index in [1.807, 2.05) is 4.90 Å². The van der Waals surface area contributed by atoms with Crippen LogP contribution in [0, 0.1) is 0 Å². The third kappa shape index (κ3) is 4.64. The second-order valence-electron chi connectivity index (χ2n) is 6.22. The van der Waals surface area contributed by atoms with Crippen molar-refractivity contribution in [3.63, 3.8) is 0 Å². The molecule has 1 atom stereocenters. The smallest absolute Gasteiger partial charge is 0.341 e. The number of hydrogen-bond donors (Lipinski definition) is 1. The summed E-state index contributed by atoms with van der Waals surface area (Å²) in [6.07, 6.45) is 3.04. The first-order chi connectivity index (χ1) is 13.0. The molecule has 0 unspecified atom stereocenters. The molecule has 1 aromatic heterocycles. The molecule has 3 rings (SSSR count). The van der Waals surface area contributed by atoms with E-state index in [-0.39, 0.29) is 11.9 Å². The second kappa shape index (κ2) is 8.78. The molecule has 1 aliphatic heterocycles. The minimum Gasteiger partial charge on any atom is -0.467 e. The fourth-order valence-electron chi connectivity index (χ4n) is 3.16. The van der Waals surface area contributed by atoms with Gasteiger partial charge in [0.2, 0.25) is 5.91 Å². The Kier molecular flexibility index (Phi) is 6.42. The largest absolute Gasteiger partial charge is 0.467 e. The normalized spacial score (nSPS) is 17.1. The number of carbonyl (C=O) groups excluding carboxylic acids is 2. The molecule has 0 bridgehead atoms. The summed E-state index contributed by atoms with van der Waals surface area (Å²) in [7, 11) is 0. The number of nitrogens with zero attached hydrogens (tertiary/aromatic N) is 1. The Bertz CT molecular complexity index is 837. The Labute approximate surface area is 167 Å². The molecule has 0 spiro atoms. The summed E-state index contributed by atoms with van der Waals surface area (Å²) in [5.41, 5.74) is 0.868. The Morgan fingerprint density at radius 3 is 2.93 bits per heavy atom. The van der Waals surface area contributed by atoms with Crippen molar-refractivity contribution in [1.82, 2.24) is 4.90 Å². The SMILES string of the molecule is CCOC(=O)c1ccoc1CN1CCC[C@@H]1C(=O)Nc1cc(Cl)ccc1Cl. The van der Waals surface area contributed by atoms with Gasteiger partial charge in [-0.1, -0.05) is 23.2 Å². The van der Waals surface area contributed by atoms with Crippen LogP contribution < -0.4 is 5.32 Å². The summed E-state index contributed by atoms with van der Waals surface area (Å²) in [4.78, 5) is 26.8. The van der Waals surface area contributed by atoms with Crippen molar-refractivity contribution in [2.24, 2.45) is 0 Å². The van der Waals surface area contributed by atoms with E-state index in [1.54, 1.807) is 31.2 Å². The van der Waals surface area contributed by atoms with Crippen LogP contribution in [0.15, 0.2) is 34.9 Å². The number of likely N-dealkylation sites (tertiary alicyclic amines) is 1. The maximum atomic E-state index is 12.8. The molecule has 1 fully saturated rings. The number of anilines is 1. The van der Waals surface area contributed by atoms with Gasteiger partial charge in [0.25, 0.3) is 0 Å². The molecule has 1 N–H and O–H groups in total. The van der Waals surface area contributed by atoms with Gasteiger partial charge in [-0.15, -0.1) is 0 Å². The Morgan fingerprint density at radius 1 is 1.33 bits per heavy atom. The maximum absolute atomic E-state index is 12.8. The van der Waals surface area contributed by atoms with Gasteiger partial charge in [0.15, 0.2) is 0 Å². The van der Waals surface area contributed by atoms with Crippen molar-refractivity contribution in [3.05, 3.63) is 51.9 Å². The van der Waals surface area contributed by atoms with Crippen LogP contribution in [0.1, 0.15) is 35.9 Å². The quantitative estimate of drug-likeness (QED) is 0.715. The maximum Gasteiger partial charge on any atom is 0.341 e. The number of esters is 1. The van der Waals surface area contributed by atoms with Crippen molar-refractivity contribution in [2.45, 2.75) is 32.4 Å². The highest BCUT2D eigenvalue weighted by molar-refractivity contribution is 6.35. The molecule has 2 aromatic rings. The van der Waals surface area contributed by atoms with Gasteiger partial charge in [-0.3, -0.25) is 9.69 Å². The molecule has 1 aromatic carbocycles. The molecular weight excluding hydrogens is 391 g/mol. The van der Waals surface area contributed by atoms with Crippen LogP contribution >= 0.6 is 23.2 Å². The van der Waals surface area contributed by atoms with E-state index >= 15 is 0 Å². The monoisotopic (exact) mass is 410 g/mol. The zero-order chi connectivity index (χ0) is 19.4. The van der Waals surface area contributed by atoms with Gasteiger partial charge >= 0.3 is 5.97 Å².